The summed E-state index contributed by atoms with van der Waals surface area (Å²) in [6.07, 6.45) is 0. The van der Waals surface area contributed by atoms with E-state index in [1.165, 1.54) is 14.2 Å². The Labute approximate surface area is 179 Å². The van der Waals surface area contributed by atoms with E-state index in [1.807, 2.05) is 30.3 Å². The van der Waals surface area contributed by atoms with E-state index in [4.69, 9.17) is 15.2 Å². The van der Waals surface area contributed by atoms with Gasteiger partial charge in [-0.2, -0.15) is 5.10 Å². The molecule has 0 atom stereocenters. The van der Waals surface area contributed by atoms with Crippen LogP contribution in [0.15, 0.2) is 60.7 Å². The van der Waals surface area contributed by atoms with Crippen LogP contribution in [-0.2, 0) is 0 Å². The Morgan fingerprint density at radius 2 is 1.74 bits per heavy atom. The molecule has 0 aliphatic carbocycles. The molecule has 0 bridgehead atoms. The van der Waals surface area contributed by atoms with Gasteiger partial charge < -0.3 is 20.5 Å². The van der Waals surface area contributed by atoms with E-state index < -0.39 is 0 Å². The molecule has 0 fully saturated rings. The highest BCUT2D eigenvalue weighted by atomic mass is 16.5. The number of amides is 1. The molecule has 154 valence electrons. The number of hydrogen-bond donors (Lipinski definition) is 3. The number of H-pyrrole nitrogens is 1. The second-order valence-corrected chi connectivity index (χ2v) is 6.72. The van der Waals surface area contributed by atoms with E-state index in [-0.39, 0.29) is 5.91 Å². The fourth-order valence-corrected chi connectivity index (χ4v) is 3.16. The van der Waals surface area contributed by atoms with Gasteiger partial charge in [0.2, 0.25) is 0 Å². The second-order valence-electron chi connectivity index (χ2n) is 6.72. The fraction of sp³-hybridized carbons (Fsp3) is 0.0833. The Morgan fingerprint density at radius 3 is 2.48 bits per heavy atom. The predicted molar refractivity (Wildman–Crippen MR) is 120 cm³/mol. The summed E-state index contributed by atoms with van der Waals surface area (Å²) in [6.45, 7) is 0. The molecule has 0 aliphatic heterocycles. The Kier molecular flexibility index (Phi) is 5.45. The smallest absolute Gasteiger partial charge is 0.255 e. The minimum atomic E-state index is -0.279. The molecule has 1 aromatic heterocycles. The van der Waals surface area contributed by atoms with Crippen molar-refractivity contribution in [3.8, 4) is 23.3 Å². The third-order valence-electron chi connectivity index (χ3n) is 4.69. The van der Waals surface area contributed by atoms with Gasteiger partial charge in [0.15, 0.2) is 5.82 Å². The van der Waals surface area contributed by atoms with Crippen molar-refractivity contribution in [2.75, 3.05) is 25.3 Å². The number of rotatable bonds is 4. The average Bonchev–Trinajstić information content (AvgIpc) is 3.19. The maximum Gasteiger partial charge on any atom is 0.255 e. The van der Waals surface area contributed by atoms with E-state index in [2.05, 4.69) is 27.4 Å². The number of aromatic nitrogens is 2. The molecule has 4 rings (SSSR count). The molecule has 0 spiro atoms. The molecule has 7 heteroatoms. The van der Waals surface area contributed by atoms with Gasteiger partial charge in [-0.1, -0.05) is 24.0 Å². The first-order valence-corrected chi connectivity index (χ1v) is 9.46. The van der Waals surface area contributed by atoms with Gasteiger partial charge in [-0.3, -0.25) is 9.89 Å². The lowest BCUT2D eigenvalue weighted by Crippen LogP contribution is -2.12. The summed E-state index contributed by atoms with van der Waals surface area (Å²) >= 11 is 0. The van der Waals surface area contributed by atoms with Crippen LogP contribution in [0.3, 0.4) is 0 Å². The Balaban J connectivity index is 1.58. The van der Waals surface area contributed by atoms with Crippen molar-refractivity contribution in [3.05, 3.63) is 77.4 Å². The second kappa shape index (κ2) is 8.51. The SMILES string of the molecule is COc1cc(OC)cc(C(=O)Nc2cccc(C#Cc3cccc4[nH]nc(N)c34)c2)c1. The molecular formula is C24H20N4O3. The highest BCUT2D eigenvalue weighted by Crippen LogP contribution is 2.24. The monoisotopic (exact) mass is 412 g/mol. The van der Waals surface area contributed by atoms with Crippen molar-refractivity contribution in [2.24, 2.45) is 0 Å². The van der Waals surface area contributed by atoms with E-state index >= 15 is 0 Å². The first kappa shape index (κ1) is 19.9. The van der Waals surface area contributed by atoms with Gasteiger partial charge in [0.05, 0.1) is 25.1 Å². The van der Waals surface area contributed by atoms with Crippen molar-refractivity contribution in [3.63, 3.8) is 0 Å². The number of nitrogens with two attached hydrogens (primary N) is 1. The van der Waals surface area contributed by atoms with E-state index in [0.29, 0.717) is 28.6 Å². The van der Waals surface area contributed by atoms with Crippen LogP contribution in [0, 0.1) is 11.8 Å². The lowest BCUT2D eigenvalue weighted by Gasteiger charge is -2.09. The first-order chi connectivity index (χ1) is 15.1. The van der Waals surface area contributed by atoms with Crippen molar-refractivity contribution in [1.29, 1.82) is 0 Å². The molecule has 4 N–H and O–H groups in total. The van der Waals surface area contributed by atoms with Crippen LogP contribution < -0.4 is 20.5 Å². The fourth-order valence-electron chi connectivity index (χ4n) is 3.16. The quantitative estimate of drug-likeness (QED) is 0.442. The normalized spacial score (nSPS) is 10.3. The third-order valence-corrected chi connectivity index (χ3v) is 4.69. The van der Waals surface area contributed by atoms with Gasteiger partial charge in [-0.25, -0.2) is 0 Å². The Bertz CT molecular complexity index is 1310. The zero-order chi connectivity index (χ0) is 21.8. The van der Waals surface area contributed by atoms with Crippen LogP contribution in [-0.4, -0.2) is 30.3 Å². The Hall–Kier alpha value is -4.44. The third kappa shape index (κ3) is 4.28. The van der Waals surface area contributed by atoms with Gasteiger partial charge in [-0.05, 0) is 42.5 Å². The van der Waals surface area contributed by atoms with Crippen molar-refractivity contribution in [1.82, 2.24) is 10.2 Å². The minimum absolute atomic E-state index is 0.279. The summed E-state index contributed by atoms with van der Waals surface area (Å²) in [7, 11) is 3.08. The van der Waals surface area contributed by atoms with Gasteiger partial charge in [0, 0.05) is 28.4 Å². The lowest BCUT2D eigenvalue weighted by atomic mass is 10.1. The predicted octanol–water partition coefficient (Wildman–Crippen LogP) is 3.81. The van der Waals surface area contributed by atoms with Crippen molar-refractivity contribution >= 4 is 28.3 Å². The van der Waals surface area contributed by atoms with Crippen LogP contribution >= 0.6 is 0 Å². The molecule has 3 aromatic carbocycles. The Morgan fingerprint density at radius 1 is 1.00 bits per heavy atom. The minimum Gasteiger partial charge on any atom is -0.497 e. The number of anilines is 2. The lowest BCUT2D eigenvalue weighted by molar-refractivity contribution is 0.102. The molecule has 0 saturated carbocycles. The molecule has 31 heavy (non-hydrogen) atoms. The van der Waals surface area contributed by atoms with Crippen LogP contribution in [0.1, 0.15) is 21.5 Å². The molecule has 0 radical (unpaired) electrons. The number of carbonyl (C=O) groups excluding carboxylic acids is 1. The molecule has 0 aliphatic rings. The molecule has 1 amide bonds. The number of aromatic amines is 1. The summed E-state index contributed by atoms with van der Waals surface area (Å²) in [5.41, 5.74) is 9.36. The standard InChI is InChI=1S/C24H20N4O3/c1-30-19-12-17(13-20(14-19)31-2)24(29)26-18-7-3-5-15(11-18)9-10-16-6-4-8-21-22(16)23(25)28-27-21/h3-8,11-14H,1-2H3,(H,26,29)(H3,25,27,28). The molecule has 0 saturated heterocycles. The van der Waals surface area contributed by atoms with E-state index in [1.54, 1.807) is 30.3 Å². The zero-order valence-electron chi connectivity index (χ0n) is 17.0. The number of ether oxygens (including phenoxy) is 2. The maximum absolute atomic E-state index is 12.7. The van der Waals surface area contributed by atoms with E-state index in [0.717, 1.165) is 22.0 Å². The summed E-state index contributed by atoms with van der Waals surface area (Å²) < 4.78 is 10.5. The summed E-state index contributed by atoms with van der Waals surface area (Å²) in [4.78, 5) is 12.7. The zero-order valence-corrected chi connectivity index (χ0v) is 17.0. The number of fused-ring (bicyclic) bond motifs is 1. The number of nitrogen functional groups attached to an aromatic ring is 1. The molecular weight excluding hydrogens is 392 g/mol. The number of benzene rings is 3. The number of hydrogen-bond acceptors (Lipinski definition) is 5. The number of nitrogens with one attached hydrogen (secondary N) is 2. The van der Waals surface area contributed by atoms with Crippen LogP contribution in [0.5, 0.6) is 11.5 Å². The molecule has 7 nitrogen and oxygen atoms in total. The average molecular weight is 412 g/mol. The largest absolute Gasteiger partial charge is 0.497 e. The highest BCUT2D eigenvalue weighted by molar-refractivity contribution is 6.05. The molecule has 4 aromatic rings. The summed E-state index contributed by atoms with van der Waals surface area (Å²) in [5, 5.41) is 10.6. The van der Waals surface area contributed by atoms with Crippen molar-refractivity contribution in [2.45, 2.75) is 0 Å². The van der Waals surface area contributed by atoms with Crippen molar-refractivity contribution < 1.29 is 14.3 Å². The summed E-state index contributed by atoms with van der Waals surface area (Å²) in [5.74, 6) is 7.47. The van der Waals surface area contributed by atoms with Gasteiger partial charge in [0.1, 0.15) is 11.5 Å². The molecule has 0 unspecified atom stereocenters. The number of carbonyl (C=O) groups is 1. The number of nitrogens with zero attached hydrogens (tertiary/aromatic N) is 1. The van der Waals surface area contributed by atoms with Crippen LogP contribution in [0.4, 0.5) is 11.5 Å². The highest BCUT2D eigenvalue weighted by Gasteiger charge is 2.11. The maximum atomic E-state index is 12.7. The topological polar surface area (TPSA) is 102 Å². The van der Waals surface area contributed by atoms with Gasteiger partial charge >= 0.3 is 0 Å². The number of methoxy groups -OCH3 is 2. The molecule has 1 heterocycles. The van der Waals surface area contributed by atoms with Gasteiger partial charge in [0.25, 0.3) is 5.91 Å². The van der Waals surface area contributed by atoms with Crippen LogP contribution in [0.25, 0.3) is 10.9 Å². The van der Waals surface area contributed by atoms with Gasteiger partial charge in [-0.15, -0.1) is 0 Å². The van der Waals surface area contributed by atoms with Crippen LogP contribution in [0.2, 0.25) is 0 Å². The summed E-state index contributed by atoms with van der Waals surface area (Å²) in [6, 6.07) is 18.0. The first-order valence-electron chi connectivity index (χ1n) is 9.46. The van der Waals surface area contributed by atoms with E-state index in [9.17, 15) is 4.79 Å².